The van der Waals surface area contributed by atoms with Crippen molar-refractivity contribution in [3.63, 3.8) is 0 Å². The van der Waals surface area contributed by atoms with Gasteiger partial charge in [-0.3, -0.25) is 0 Å². The van der Waals surface area contributed by atoms with Crippen LogP contribution >= 0.6 is 12.2 Å². The van der Waals surface area contributed by atoms with Crippen LogP contribution in [0.1, 0.15) is 33.1 Å². The summed E-state index contributed by atoms with van der Waals surface area (Å²) in [7, 11) is 0. The van der Waals surface area contributed by atoms with Gasteiger partial charge in [-0.15, -0.1) is 0 Å². The summed E-state index contributed by atoms with van der Waals surface area (Å²) in [5, 5.41) is 0. The minimum Gasteiger partial charge on any atom is -0.411 e. The van der Waals surface area contributed by atoms with Crippen molar-refractivity contribution < 1.29 is 29.6 Å². The van der Waals surface area contributed by atoms with Crippen LogP contribution in [-0.4, -0.2) is 21.8 Å². The Bertz CT molecular complexity index is 175. The normalized spacial score (nSPS) is 28.9. The number of nitrogens with zero attached hydrogens (tertiary/aromatic N) is 1. The Balaban J connectivity index is 0.00000144. The predicted octanol–water partition coefficient (Wildman–Crippen LogP) is -0.667. The molecule has 0 N–H and O–H groups in total. The molecular formula is C9H16NNaS2. The number of likely N-dealkylation sites (tertiary alicyclic amines) is 1. The minimum atomic E-state index is 0. The number of thiocarbonyl (C=S) groups is 1. The van der Waals surface area contributed by atoms with Crippen molar-refractivity contribution >= 4 is 29.2 Å². The predicted molar refractivity (Wildman–Crippen MR) is 59.1 cm³/mol. The van der Waals surface area contributed by atoms with Crippen molar-refractivity contribution in [2.24, 2.45) is 5.92 Å². The number of hydrogen-bond donors (Lipinski definition) is 0. The van der Waals surface area contributed by atoms with Crippen LogP contribution in [-0.2, 0) is 12.6 Å². The van der Waals surface area contributed by atoms with Gasteiger partial charge >= 0.3 is 29.6 Å². The van der Waals surface area contributed by atoms with Crippen molar-refractivity contribution in [2.45, 2.75) is 39.2 Å². The second-order valence-electron chi connectivity index (χ2n) is 3.67. The maximum Gasteiger partial charge on any atom is 1.00 e. The van der Waals surface area contributed by atoms with E-state index in [4.69, 9.17) is 24.8 Å². The van der Waals surface area contributed by atoms with Crippen molar-refractivity contribution in [1.29, 1.82) is 0 Å². The van der Waals surface area contributed by atoms with Gasteiger partial charge in [0, 0.05) is 12.6 Å². The van der Waals surface area contributed by atoms with Gasteiger partial charge in [-0.05, 0) is 25.7 Å². The van der Waals surface area contributed by atoms with E-state index in [1.54, 1.807) is 0 Å². The molecule has 0 radical (unpaired) electrons. The fraction of sp³-hybridized carbons (Fsp3) is 0.889. The third kappa shape index (κ3) is 4.00. The topological polar surface area (TPSA) is 3.24 Å². The van der Waals surface area contributed by atoms with Gasteiger partial charge in [0.25, 0.3) is 0 Å². The van der Waals surface area contributed by atoms with Crippen LogP contribution in [0.25, 0.3) is 0 Å². The quantitative estimate of drug-likeness (QED) is 0.306. The summed E-state index contributed by atoms with van der Waals surface area (Å²) >= 11 is 10.1. The van der Waals surface area contributed by atoms with Gasteiger partial charge in [0.05, 0.1) is 0 Å². The maximum atomic E-state index is 5.05. The third-order valence-electron chi connectivity index (χ3n) is 2.86. The molecule has 70 valence electrons. The summed E-state index contributed by atoms with van der Waals surface area (Å²) in [5.74, 6) is 0.730. The molecule has 0 aromatic carbocycles. The van der Waals surface area contributed by atoms with Crippen LogP contribution < -0.4 is 29.6 Å². The van der Waals surface area contributed by atoms with Crippen LogP contribution in [0.15, 0.2) is 0 Å². The molecule has 1 saturated heterocycles. The van der Waals surface area contributed by atoms with Crippen LogP contribution in [0, 0.1) is 5.92 Å². The van der Waals surface area contributed by atoms with Crippen molar-refractivity contribution in [3.8, 4) is 0 Å². The summed E-state index contributed by atoms with van der Waals surface area (Å²) in [6, 6.07) is 0.539. The summed E-state index contributed by atoms with van der Waals surface area (Å²) in [6.45, 7) is 5.58. The average molecular weight is 225 g/mol. The molecule has 1 heterocycles. The van der Waals surface area contributed by atoms with E-state index in [-0.39, 0.29) is 29.6 Å². The van der Waals surface area contributed by atoms with E-state index in [9.17, 15) is 0 Å². The molecule has 1 nitrogen and oxygen atoms in total. The van der Waals surface area contributed by atoms with Crippen LogP contribution in [0.2, 0.25) is 0 Å². The van der Waals surface area contributed by atoms with E-state index >= 15 is 0 Å². The zero-order valence-electron chi connectivity index (χ0n) is 8.75. The van der Waals surface area contributed by atoms with E-state index in [2.05, 4.69) is 18.7 Å². The zero-order valence-corrected chi connectivity index (χ0v) is 12.4. The van der Waals surface area contributed by atoms with Gasteiger partial charge in [-0.25, -0.2) is 0 Å². The molecule has 0 amide bonds. The molecule has 0 bridgehead atoms. The molecule has 1 fully saturated rings. The third-order valence-corrected chi connectivity index (χ3v) is 3.33. The minimum absolute atomic E-state index is 0. The fourth-order valence-corrected chi connectivity index (χ4v) is 2.27. The first-order valence-electron chi connectivity index (χ1n) is 4.60. The van der Waals surface area contributed by atoms with Gasteiger partial charge in [-0.1, -0.05) is 17.7 Å². The molecule has 2 atom stereocenters. The van der Waals surface area contributed by atoms with Gasteiger partial charge in [0.1, 0.15) is 0 Å². The molecule has 1 rings (SSSR count). The molecule has 0 saturated carbocycles. The first-order valence-corrected chi connectivity index (χ1v) is 5.42. The van der Waals surface area contributed by atoms with E-state index < -0.39 is 0 Å². The largest absolute Gasteiger partial charge is 1.00 e. The Morgan fingerprint density at radius 3 is 2.54 bits per heavy atom. The summed E-state index contributed by atoms with van der Waals surface area (Å²) in [5.41, 5.74) is 0. The van der Waals surface area contributed by atoms with Crippen molar-refractivity contribution in [1.82, 2.24) is 4.90 Å². The smallest absolute Gasteiger partial charge is 0.411 e. The standard InChI is InChI=1S/C9H17NS2.Na/c1-7-5-3-4-6-10(8(7)2)9(11)12;/h7-8H,3-6H2,1-2H3,(H,11,12);/q;+1/p-1. The van der Waals surface area contributed by atoms with E-state index in [1.165, 1.54) is 19.3 Å². The molecule has 1 aliphatic rings. The second-order valence-corrected chi connectivity index (χ2v) is 4.70. The summed E-state index contributed by atoms with van der Waals surface area (Å²) in [4.78, 5) is 2.20. The molecule has 0 spiro atoms. The fourth-order valence-electron chi connectivity index (χ4n) is 1.76. The van der Waals surface area contributed by atoms with Gasteiger partial charge in [0.2, 0.25) is 0 Å². The first kappa shape index (κ1) is 14.1. The Morgan fingerprint density at radius 1 is 1.38 bits per heavy atom. The van der Waals surface area contributed by atoms with Crippen LogP contribution in [0.3, 0.4) is 0 Å². The Kier molecular flexibility index (Phi) is 7.13. The molecule has 13 heavy (non-hydrogen) atoms. The van der Waals surface area contributed by atoms with Crippen LogP contribution in [0.5, 0.6) is 0 Å². The molecule has 0 aliphatic carbocycles. The Hall–Kier alpha value is 1.11. The summed E-state index contributed by atoms with van der Waals surface area (Å²) < 4.78 is 0.649. The second kappa shape index (κ2) is 6.57. The molecule has 4 heteroatoms. The SMILES string of the molecule is CC1CCCCN(C(=S)[S-])C1C.[Na+]. The van der Waals surface area contributed by atoms with E-state index in [1.807, 2.05) is 0 Å². The van der Waals surface area contributed by atoms with Gasteiger partial charge in [0.15, 0.2) is 0 Å². The Labute approximate surface area is 114 Å². The molecular weight excluding hydrogens is 209 g/mol. The maximum absolute atomic E-state index is 5.05. The molecule has 0 aromatic rings. The van der Waals surface area contributed by atoms with Gasteiger partial charge in [-0.2, -0.15) is 0 Å². The van der Waals surface area contributed by atoms with Crippen LogP contribution in [0.4, 0.5) is 0 Å². The number of hydrogen-bond acceptors (Lipinski definition) is 2. The zero-order chi connectivity index (χ0) is 9.14. The molecule has 1 aliphatic heterocycles. The average Bonchev–Trinajstić information content (AvgIpc) is 2.15. The first-order chi connectivity index (χ1) is 5.63. The molecule has 2 unspecified atom stereocenters. The summed E-state index contributed by atoms with van der Waals surface area (Å²) in [6.07, 6.45) is 3.88. The number of rotatable bonds is 0. The van der Waals surface area contributed by atoms with Crippen molar-refractivity contribution in [3.05, 3.63) is 0 Å². The van der Waals surface area contributed by atoms with E-state index in [0.29, 0.717) is 10.4 Å². The molecule has 0 aromatic heterocycles. The van der Waals surface area contributed by atoms with Gasteiger partial charge < -0.3 is 29.7 Å². The van der Waals surface area contributed by atoms with Crippen molar-refractivity contribution in [2.75, 3.05) is 6.54 Å². The Morgan fingerprint density at radius 2 is 2.00 bits per heavy atom. The van der Waals surface area contributed by atoms with E-state index in [0.717, 1.165) is 12.5 Å². The monoisotopic (exact) mass is 225 g/mol.